The zero-order valence-corrected chi connectivity index (χ0v) is 12.5. The molecule has 19 heavy (non-hydrogen) atoms. The maximum Gasteiger partial charge on any atom is 0.178 e. The highest BCUT2D eigenvalue weighted by molar-refractivity contribution is 7.71. The normalized spacial score (nSPS) is 12.1. The van der Waals surface area contributed by atoms with Crippen LogP contribution in [-0.4, -0.2) is 16.7 Å². The highest BCUT2D eigenvalue weighted by Crippen LogP contribution is 2.31. The molecular formula is C14H19FN2OS. The molecule has 0 saturated heterocycles. The van der Waals surface area contributed by atoms with Crippen molar-refractivity contribution in [1.82, 2.24) is 9.55 Å². The van der Waals surface area contributed by atoms with E-state index >= 15 is 0 Å². The van der Waals surface area contributed by atoms with Gasteiger partial charge in [-0.2, -0.15) is 0 Å². The summed E-state index contributed by atoms with van der Waals surface area (Å²) < 4.78 is 21.4. The fourth-order valence-corrected chi connectivity index (χ4v) is 3.04. The number of H-pyrrole nitrogens is 1. The first-order chi connectivity index (χ1) is 8.90. The highest BCUT2D eigenvalue weighted by atomic mass is 32.1. The van der Waals surface area contributed by atoms with Gasteiger partial charge in [-0.1, -0.05) is 13.3 Å². The van der Waals surface area contributed by atoms with Crippen LogP contribution in [0.3, 0.4) is 0 Å². The number of fused-ring (bicyclic) bond motifs is 1. The van der Waals surface area contributed by atoms with Crippen molar-refractivity contribution in [3.8, 4) is 5.75 Å². The van der Waals surface area contributed by atoms with Crippen LogP contribution in [0, 0.1) is 10.6 Å². The predicted octanol–water partition coefficient (Wildman–Crippen LogP) is 4.38. The van der Waals surface area contributed by atoms with Crippen LogP contribution in [0.5, 0.6) is 5.75 Å². The van der Waals surface area contributed by atoms with Crippen molar-refractivity contribution < 1.29 is 9.13 Å². The molecule has 0 aliphatic carbocycles. The van der Waals surface area contributed by atoms with Gasteiger partial charge in [0.2, 0.25) is 0 Å². The van der Waals surface area contributed by atoms with Crippen LogP contribution in [0.25, 0.3) is 11.0 Å². The number of methoxy groups -OCH3 is 1. The Morgan fingerprint density at radius 3 is 2.68 bits per heavy atom. The van der Waals surface area contributed by atoms with Crippen molar-refractivity contribution >= 4 is 23.3 Å². The molecule has 104 valence electrons. The Morgan fingerprint density at radius 2 is 2.11 bits per heavy atom. The molecule has 1 aromatic carbocycles. The standard InChI is InChI=1S/C14H19FN2OS/c1-5-6-14(2,3)17-11-8-12(18-4)9(15)7-10(11)16-13(17)19/h7-8H,5-6H2,1-4H3,(H,16,19). The molecule has 0 aliphatic rings. The maximum absolute atomic E-state index is 13.7. The van der Waals surface area contributed by atoms with Gasteiger partial charge in [0.25, 0.3) is 0 Å². The highest BCUT2D eigenvalue weighted by Gasteiger charge is 2.23. The summed E-state index contributed by atoms with van der Waals surface area (Å²) in [7, 11) is 1.47. The third-order valence-electron chi connectivity index (χ3n) is 3.42. The van der Waals surface area contributed by atoms with Crippen LogP contribution in [-0.2, 0) is 5.54 Å². The fourth-order valence-electron chi connectivity index (χ4n) is 2.59. The van der Waals surface area contributed by atoms with Gasteiger partial charge in [0.1, 0.15) is 0 Å². The molecule has 0 fully saturated rings. The number of aromatic amines is 1. The van der Waals surface area contributed by atoms with Crippen molar-refractivity contribution in [2.24, 2.45) is 0 Å². The van der Waals surface area contributed by atoms with Gasteiger partial charge in [0, 0.05) is 17.7 Å². The Labute approximate surface area is 117 Å². The van der Waals surface area contributed by atoms with E-state index in [1.165, 1.54) is 13.2 Å². The van der Waals surface area contributed by atoms with E-state index in [2.05, 4.69) is 25.8 Å². The van der Waals surface area contributed by atoms with Gasteiger partial charge < -0.3 is 14.3 Å². The molecule has 1 N–H and O–H groups in total. The van der Waals surface area contributed by atoms with E-state index in [1.807, 2.05) is 4.57 Å². The third-order valence-corrected chi connectivity index (χ3v) is 3.71. The van der Waals surface area contributed by atoms with E-state index in [-0.39, 0.29) is 17.1 Å². The molecule has 0 saturated carbocycles. The van der Waals surface area contributed by atoms with Crippen LogP contribution in [0.4, 0.5) is 4.39 Å². The van der Waals surface area contributed by atoms with Crippen molar-refractivity contribution in [3.05, 3.63) is 22.7 Å². The van der Waals surface area contributed by atoms with Crippen LogP contribution < -0.4 is 4.74 Å². The molecule has 0 aliphatic heterocycles. The molecule has 0 amide bonds. The Hall–Kier alpha value is -1.36. The van der Waals surface area contributed by atoms with Gasteiger partial charge >= 0.3 is 0 Å². The predicted molar refractivity (Wildman–Crippen MR) is 77.9 cm³/mol. The first-order valence-electron chi connectivity index (χ1n) is 6.39. The van der Waals surface area contributed by atoms with Crippen molar-refractivity contribution in [3.63, 3.8) is 0 Å². The number of ether oxygens (including phenoxy) is 1. The number of imidazole rings is 1. The molecule has 2 rings (SSSR count). The SMILES string of the molecule is CCCC(C)(C)n1c(=S)[nH]c2cc(F)c(OC)cc21. The summed E-state index contributed by atoms with van der Waals surface area (Å²) in [5.74, 6) is -0.144. The first-order valence-corrected chi connectivity index (χ1v) is 6.80. The van der Waals surface area contributed by atoms with Crippen molar-refractivity contribution in [2.45, 2.75) is 39.2 Å². The number of hydrogen-bond donors (Lipinski definition) is 1. The number of rotatable bonds is 4. The van der Waals surface area contributed by atoms with Gasteiger partial charge in [-0.05, 0) is 32.5 Å². The molecule has 1 aromatic heterocycles. The van der Waals surface area contributed by atoms with Crippen molar-refractivity contribution in [1.29, 1.82) is 0 Å². The molecular weight excluding hydrogens is 263 g/mol. The van der Waals surface area contributed by atoms with Gasteiger partial charge in [-0.3, -0.25) is 0 Å². The van der Waals surface area contributed by atoms with Crippen LogP contribution in [0.2, 0.25) is 0 Å². The minimum Gasteiger partial charge on any atom is -0.494 e. The number of nitrogens with zero attached hydrogens (tertiary/aromatic N) is 1. The fraction of sp³-hybridized carbons (Fsp3) is 0.500. The molecule has 0 spiro atoms. The third kappa shape index (κ3) is 2.39. The molecule has 1 heterocycles. The molecule has 0 unspecified atom stereocenters. The van der Waals surface area contributed by atoms with E-state index in [9.17, 15) is 4.39 Å². The summed E-state index contributed by atoms with van der Waals surface area (Å²) >= 11 is 5.38. The second kappa shape index (κ2) is 4.96. The molecule has 2 aromatic rings. The number of aromatic nitrogens is 2. The summed E-state index contributed by atoms with van der Waals surface area (Å²) in [6, 6.07) is 3.14. The number of hydrogen-bond acceptors (Lipinski definition) is 2. The van der Waals surface area contributed by atoms with Gasteiger partial charge in [-0.25, -0.2) is 4.39 Å². The van der Waals surface area contributed by atoms with Gasteiger partial charge in [0.05, 0.1) is 18.1 Å². The summed E-state index contributed by atoms with van der Waals surface area (Å²) in [6.07, 6.45) is 2.05. The zero-order valence-electron chi connectivity index (χ0n) is 11.7. The smallest absolute Gasteiger partial charge is 0.178 e. The Kier molecular flexibility index (Phi) is 3.67. The molecule has 0 radical (unpaired) electrons. The summed E-state index contributed by atoms with van der Waals surface area (Å²) in [5, 5.41) is 0. The lowest BCUT2D eigenvalue weighted by atomic mass is 9.98. The van der Waals surface area contributed by atoms with Crippen LogP contribution in [0.15, 0.2) is 12.1 Å². The average Bonchev–Trinajstić information content (AvgIpc) is 2.63. The maximum atomic E-state index is 13.7. The lowest BCUT2D eigenvalue weighted by molar-refractivity contribution is 0.329. The summed E-state index contributed by atoms with van der Waals surface area (Å²) in [4.78, 5) is 3.07. The van der Waals surface area contributed by atoms with E-state index in [4.69, 9.17) is 17.0 Å². The Morgan fingerprint density at radius 1 is 1.42 bits per heavy atom. The van der Waals surface area contributed by atoms with Crippen LogP contribution >= 0.6 is 12.2 Å². The number of nitrogens with one attached hydrogen (secondary N) is 1. The first kappa shape index (κ1) is 14.1. The second-order valence-electron chi connectivity index (χ2n) is 5.33. The molecule has 5 heteroatoms. The largest absolute Gasteiger partial charge is 0.494 e. The summed E-state index contributed by atoms with van der Waals surface area (Å²) in [6.45, 7) is 6.41. The van der Waals surface area contributed by atoms with E-state index < -0.39 is 0 Å². The monoisotopic (exact) mass is 282 g/mol. The minimum absolute atomic E-state index is 0.118. The molecule has 0 atom stereocenters. The Bertz CT molecular complexity index is 657. The zero-order chi connectivity index (χ0) is 14.2. The van der Waals surface area contributed by atoms with E-state index in [1.54, 1.807) is 6.07 Å². The molecule has 0 bridgehead atoms. The second-order valence-corrected chi connectivity index (χ2v) is 5.72. The lowest BCUT2D eigenvalue weighted by Crippen LogP contribution is -2.26. The van der Waals surface area contributed by atoms with Crippen molar-refractivity contribution in [2.75, 3.05) is 7.11 Å². The van der Waals surface area contributed by atoms with Crippen LogP contribution in [0.1, 0.15) is 33.6 Å². The van der Waals surface area contributed by atoms with Gasteiger partial charge in [0.15, 0.2) is 16.3 Å². The minimum atomic E-state index is -0.383. The quantitative estimate of drug-likeness (QED) is 0.843. The Balaban J connectivity index is 2.74. The number of halogens is 1. The average molecular weight is 282 g/mol. The summed E-state index contributed by atoms with van der Waals surface area (Å²) in [5.41, 5.74) is 1.46. The van der Waals surface area contributed by atoms with E-state index in [0.29, 0.717) is 10.3 Å². The lowest BCUT2D eigenvalue weighted by Gasteiger charge is -2.27. The van der Waals surface area contributed by atoms with Gasteiger partial charge in [-0.15, -0.1) is 0 Å². The van der Waals surface area contributed by atoms with E-state index in [0.717, 1.165) is 18.4 Å². The molecule has 3 nitrogen and oxygen atoms in total. The number of benzene rings is 1. The topological polar surface area (TPSA) is 29.9 Å².